The van der Waals surface area contributed by atoms with Crippen molar-refractivity contribution in [1.29, 1.82) is 5.26 Å². The first-order valence-corrected chi connectivity index (χ1v) is 16.2. The third kappa shape index (κ3) is 4.82. The van der Waals surface area contributed by atoms with Crippen LogP contribution in [0, 0.1) is 34.6 Å². The van der Waals surface area contributed by atoms with Crippen molar-refractivity contribution >= 4 is 60.7 Å². The summed E-state index contributed by atoms with van der Waals surface area (Å²) in [5, 5.41) is 12.9. The Morgan fingerprint density at radius 1 is 0.431 bits per heavy atom. The highest BCUT2D eigenvalue weighted by molar-refractivity contribution is 6.12. The average Bonchev–Trinajstić information content (AvgIpc) is 3.66. The molecule has 0 saturated heterocycles. The highest BCUT2D eigenvalue weighted by atomic mass is 19.1. The summed E-state index contributed by atoms with van der Waals surface area (Å²) in [6.45, 7) is 0. The summed E-state index contributed by atoms with van der Waals surface area (Å²) in [5.41, 5.74) is 5.86. The second kappa shape index (κ2) is 11.6. The number of nitriles is 1. The van der Waals surface area contributed by atoms with Crippen LogP contribution in [-0.4, -0.2) is 9.13 Å². The van der Waals surface area contributed by atoms with Gasteiger partial charge < -0.3 is 14.0 Å². The first kappa shape index (κ1) is 30.2. The van der Waals surface area contributed by atoms with Gasteiger partial charge in [0.15, 0.2) is 0 Å². The van der Waals surface area contributed by atoms with E-state index in [0.29, 0.717) is 16.6 Å². The van der Waals surface area contributed by atoms with E-state index in [0.717, 1.165) is 73.9 Å². The molecule has 2 heterocycles. The zero-order valence-corrected chi connectivity index (χ0v) is 26.7. The number of fused-ring (bicyclic) bond motifs is 6. The van der Waals surface area contributed by atoms with Gasteiger partial charge in [0.05, 0.1) is 45.1 Å². The number of halogens is 4. The summed E-state index contributed by atoms with van der Waals surface area (Å²) in [6.07, 6.45) is 0. The Morgan fingerprint density at radius 3 is 1.33 bits per heavy atom. The van der Waals surface area contributed by atoms with Gasteiger partial charge in [0, 0.05) is 50.7 Å². The van der Waals surface area contributed by atoms with Gasteiger partial charge in [-0.3, -0.25) is 0 Å². The lowest BCUT2D eigenvalue weighted by Gasteiger charge is -2.26. The van der Waals surface area contributed by atoms with Crippen molar-refractivity contribution < 1.29 is 17.6 Å². The smallest absolute Gasteiger partial charge is 0.147 e. The second-order valence-electron chi connectivity index (χ2n) is 12.3. The third-order valence-corrected chi connectivity index (χ3v) is 9.38. The summed E-state index contributed by atoms with van der Waals surface area (Å²) >= 11 is 0. The molecule has 0 fully saturated rings. The Morgan fingerprint density at radius 2 is 0.863 bits per heavy atom. The number of para-hydroxylation sites is 2. The van der Waals surface area contributed by atoms with Gasteiger partial charge in [0.1, 0.15) is 23.3 Å². The average molecular weight is 673 g/mol. The minimum absolute atomic E-state index is 0.106. The largest absolute Gasteiger partial charge is 0.310 e. The molecule has 0 aliphatic rings. The monoisotopic (exact) mass is 672 g/mol. The minimum Gasteiger partial charge on any atom is -0.310 e. The Kier molecular flexibility index (Phi) is 6.90. The number of benzene rings is 7. The molecule has 0 aliphatic heterocycles. The number of nitrogens with zero attached hydrogens (tertiary/aromatic N) is 4. The topological polar surface area (TPSA) is 36.9 Å². The number of rotatable bonds is 5. The molecule has 0 saturated carbocycles. The van der Waals surface area contributed by atoms with Crippen LogP contribution in [0.4, 0.5) is 34.6 Å². The van der Waals surface area contributed by atoms with E-state index in [1.165, 1.54) is 12.1 Å². The maximum Gasteiger partial charge on any atom is 0.147 e. The van der Waals surface area contributed by atoms with E-state index in [2.05, 4.69) is 6.07 Å². The van der Waals surface area contributed by atoms with Crippen molar-refractivity contribution in [2.75, 3.05) is 4.90 Å². The van der Waals surface area contributed by atoms with Crippen molar-refractivity contribution in [2.45, 2.75) is 0 Å². The van der Waals surface area contributed by atoms with E-state index in [4.69, 9.17) is 0 Å². The Hall–Kier alpha value is -6.85. The minimum atomic E-state index is -0.548. The molecule has 0 N–H and O–H groups in total. The second-order valence-corrected chi connectivity index (χ2v) is 12.3. The van der Waals surface area contributed by atoms with Crippen molar-refractivity contribution in [3.63, 3.8) is 0 Å². The lowest BCUT2D eigenvalue weighted by Crippen LogP contribution is -2.10. The van der Waals surface area contributed by atoms with Crippen LogP contribution in [0.15, 0.2) is 146 Å². The van der Waals surface area contributed by atoms with Crippen LogP contribution in [0.3, 0.4) is 0 Å². The number of anilines is 3. The molecule has 0 unspecified atom stereocenters. The Bertz CT molecular complexity index is 2710. The maximum atomic E-state index is 15.2. The number of hydrogen-bond acceptors (Lipinski definition) is 2. The molecule has 7 aromatic carbocycles. The van der Waals surface area contributed by atoms with Crippen molar-refractivity contribution in [3.05, 3.63) is 174 Å². The fraction of sp³-hybridized carbons (Fsp3) is 0. The molecular formula is C43H24F4N4. The van der Waals surface area contributed by atoms with Crippen LogP contribution >= 0.6 is 0 Å². The molecule has 8 heteroatoms. The maximum absolute atomic E-state index is 15.2. The van der Waals surface area contributed by atoms with Crippen molar-refractivity contribution in [3.8, 4) is 17.4 Å². The van der Waals surface area contributed by atoms with Gasteiger partial charge >= 0.3 is 0 Å². The summed E-state index contributed by atoms with van der Waals surface area (Å²) in [5.74, 6) is -2.18. The van der Waals surface area contributed by atoms with Crippen molar-refractivity contribution in [1.82, 2.24) is 9.13 Å². The van der Waals surface area contributed by atoms with Gasteiger partial charge in [-0.25, -0.2) is 17.6 Å². The molecule has 51 heavy (non-hydrogen) atoms. The first-order chi connectivity index (χ1) is 24.9. The molecule has 244 valence electrons. The highest BCUT2D eigenvalue weighted by Gasteiger charge is 2.21. The standard InChI is InChI=1S/C43H24F4N4/c44-27-11-17-36(46)42(21-27)50-38-7-3-1-5-32(38)34-23-30(15-19-40(34)50)49(29-13-9-26(25-48)10-14-29)31-16-20-41-35(24-31)33-6-2-4-8-39(33)51(41)43-22-28(45)12-18-37(43)47/h1-24H. The summed E-state index contributed by atoms with van der Waals surface area (Å²) in [4.78, 5) is 2.05. The molecular weight excluding hydrogens is 648 g/mol. The van der Waals surface area contributed by atoms with Gasteiger partial charge in [-0.05, 0) is 97.1 Å². The molecule has 9 rings (SSSR count). The van der Waals surface area contributed by atoms with Gasteiger partial charge in [0.25, 0.3) is 0 Å². The zero-order chi connectivity index (χ0) is 34.8. The van der Waals surface area contributed by atoms with E-state index in [1.807, 2.05) is 102 Å². The molecule has 0 aliphatic carbocycles. The summed E-state index contributed by atoms with van der Waals surface area (Å²) < 4.78 is 62.8. The molecule has 2 aromatic heterocycles. The van der Waals surface area contributed by atoms with Crippen molar-refractivity contribution in [2.24, 2.45) is 0 Å². The highest BCUT2D eigenvalue weighted by Crippen LogP contribution is 2.42. The number of hydrogen-bond donors (Lipinski definition) is 0. The van der Waals surface area contributed by atoms with Crippen LogP contribution in [0.5, 0.6) is 0 Å². The predicted octanol–water partition coefficient (Wildman–Crippen LogP) is 11.8. The van der Waals surface area contributed by atoms with Crippen LogP contribution in [0.25, 0.3) is 55.0 Å². The van der Waals surface area contributed by atoms with Gasteiger partial charge in [0.2, 0.25) is 0 Å². The van der Waals surface area contributed by atoms with Crippen LogP contribution in [0.2, 0.25) is 0 Å². The molecule has 0 amide bonds. The molecule has 0 spiro atoms. The van der Waals surface area contributed by atoms with Gasteiger partial charge in [-0.2, -0.15) is 5.26 Å². The molecule has 9 aromatic rings. The quantitative estimate of drug-likeness (QED) is 0.171. The molecule has 0 radical (unpaired) electrons. The van der Waals surface area contributed by atoms with Crippen LogP contribution < -0.4 is 4.90 Å². The van der Waals surface area contributed by atoms with E-state index in [9.17, 15) is 14.0 Å². The van der Waals surface area contributed by atoms with E-state index >= 15 is 8.78 Å². The van der Waals surface area contributed by atoms with Crippen LogP contribution in [0.1, 0.15) is 5.56 Å². The summed E-state index contributed by atoms with van der Waals surface area (Å²) in [7, 11) is 0. The normalized spacial score (nSPS) is 11.5. The van der Waals surface area contributed by atoms with E-state index < -0.39 is 23.3 Å². The van der Waals surface area contributed by atoms with E-state index in [1.54, 1.807) is 21.3 Å². The predicted molar refractivity (Wildman–Crippen MR) is 194 cm³/mol. The third-order valence-electron chi connectivity index (χ3n) is 9.38. The zero-order valence-electron chi connectivity index (χ0n) is 26.7. The SMILES string of the molecule is N#Cc1ccc(N(c2ccc3c(c2)c2ccccc2n3-c2cc(F)ccc2F)c2ccc3c(c2)c2ccccc2n3-c2cc(F)ccc2F)cc1. The van der Waals surface area contributed by atoms with Gasteiger partial charge in [-0.15, -0.1) is 0 Å². The lowest BCUT2D eigenvalue weighted by atomic mass is 10.1. The fourth-order valence-corrected chi connectivity index (χ4v) is 7.17. The fourth-order valence-electron chi connectivity index (χ4n) is 7.17. The Balaban J connectivity index is 1.29. The molecule has 4 nitrogen and oxygen atoms in total. The Labute approximate surface area is 288 Å². The number of aromatic nitrogens is 2. The van der Waals surface area contributed by atoms with Crippen LogP contribution in [-0.2, 0) is 0 Å². The molecule has 0 bridgehead atoms. The lowest BCUT2D eigenvalue weighted by molar-refractivity contribution is 0.595. The van der Waals surface area contributed by atoms with E-state index in [-0.39, 0.29) is 11.4 Å². The molecule has 0 atom stereocenters. The summed E-state index contributed by atoms with van der Waals surface area (Å²) in [6, 6.07) is 43.1. The van der Waals surface area contributed by atoms with Gasteiger partial charge in [-0.1, -0.05) is 36.4 Å². The first-order valence-electron chi connectivity index (χ1n) is 16.2.